The number of benzene rings is 3. The lowest BCUT2D eigenvalue weighted by molar-refractivity contribution is -0.132. The van der Waals surface area contributed by atoms with Crippen LogP contribution in [0.3, 0.4) is 0 Å². The van der Waals surface area contributed by atoms with E-state index in [2.05, 4.69) is 14.9 Å². The zero-order chi connectivity index (χ0) is 35.2. The van der Waals surface area contributed by atoms with Crippen molar-refractivity contribution >= 4 is 37.5 Å². The van der Waals surface area contributed by atoms with Crippen LogP contribution in [0.2, 0.25) is 0 Å². The van der Waals surface area contributed by atoms with Crippen molar-refractivity contribution in [1.29, 1.82) is 0 Å². The van der Waals surface area contributed by atoms with Crippen LogP contribution in [0, 0.1) is 17.8 Å². The van der Waals surface area contributed by atoms with Crippen LogP contribution in [0.15, 0.2) is 89.8 Å². The molecule has 1 saturated carbocycles. The summed E-state index contributed by atoms with van der Waals surface area (Å²) in [6.45, 7) is 7.07. The fourth-order valence-corrected chi connectivity index (χ4v) is 9.48. The van der Waals surface area contributed by atoms with Gasteiger partial charge in [0.05, 0.1) is 35.2 Å². The van der Waals surface area contributed by atoms with Crippen molar-refractivity contribution in [2.24, 2.45) is 17.8 Å². The van der Waals surface area contributed by atoms with E-state index in [1.54, 1.807) is 6.08 Å². The lowest BCUT2D eigenvalue weighted by Gasteiger charge is -2.47. The molecule has 266 valence electrons. The van der Waals surface area contributed by atoms with Gasteiger partial charge in [-0.3, -0.25) is 13.9 Å². The standard InChI is InChI=1S/C39H53N3O5S2/c1-39(2,3)40-38(44)36-24-31-16-10-11-17-33(31)25-42(36)26-37(43)32(22-28-12-6-5-7-13-28)18-20-34(41-49(4,46)47)27-48(45)35-21-19-29-14-8-9-15-30(29)23-35/h5-9,12-15,18-21,23,31-34,36-37,41,43H,10-11,16-17,22,24-27H2,1-4H3,(H,40,44)/b20-18+/t31-,32-,33+,34-,36?,37+,48?/m0/s1. The fraction of sp³-hybridized carbons (Fsp3) is 0.513. The smallest absolute Gasteiger partial charge is 0.237 e. The molecule has 1 amide bonds. The van der Waals surface area contributed by atoms with Crippen LogP contribution < -0.4 is 10.0 Å². The van der Waals surface area contributed by atoms with E-state index in [9.17, 15) is 22.5 Å². The Labute approximate surface area is 295 Å². The van der Waals surface area contributed by atoms with E-state index in [-0.39, 0.29) is 29.2 Å². The highest BCUT2D eigenvalue weighted by atomic mass is 32.2. The van der Waals surface area contributed by atoms with Gasteiger partial charge in [0.15, 0.2) is 0 Å². The van der Waals surface area contributed by atoms with E-state index >= 15 is 0 Å². The number of sulfonamides is 1. The molecule has 0 aromatic heterocycles. The fourth-order valence-electron chi connectivity index (χ4n) is 7.47. The van der Waals surface area contributed by atoms with Crippen molar-refractivity contribution in [2.75, 3.05) is 25.1 Å². The molecule has 1 heterocycles. The average Bonchev–Trinajstić information content (AvgIpc) is 3.04. The van der Waals surface area contributed by atoms with Gasteiger partial charge in [-0.05, 0) is 80.3 Å². The van der Waals surface area contributed by atoms with Crippen molar-refractivity contribution < 1.29 is 22.5 Å². The van der Waals surface area contributed by atoms with Crippen molar-refractivity contribution in [2.45, 2.75) is 87.9 Å². The van der Waals surface area contributed by atoms with Crippen LogP contribution in [0.1, 0.15) is 58.4 Å². The van der Waals surface area contributed by atoms with Gasteiger partial charge in [-0.1, -0.05) is 92.1 Å². The minimum absolute atomic E-state index is 0.00691. The molecule has 0 bridgehead atoms. The largest absolute Gasteiger partial charge is 0.391 e. The van der Waals surface area contributed by atoms with Gasteiger partial charge in [0.2, 0.25) is 15.9 Å². The molecule has 0 radical (unpaired) electrons. The van der Waals surface area contributed by atoms with E-state index in [1.165, 1.54) is 12.8 Å². The van der Waals surface area contributed by atoms with Gasteiger partial charge in [0.25, 0.3) is 0 Å². The summed E-state index contributed by atoms with van der Waals surface area (Å²) in [4.78, 5) is 16.4. The van der Waals surface area contributed by atoms with Crippen LogP contribution in [0.4, 0.5) is 0 Å². The van der Waals surface area contributed by atoms with Gasteiger partial charge in [0.1, 0.15) is 0 Å². The second-order valence-electron chi connectivity index (χ2n) is 15.1. The van der Waals surface area contributed by atoms with Crippen molar-refractivity contribution in [3.63, 3.8) is 0 Å². The Kier molecular flexibility index (Phi) is 12.5. The first-order valence-electron chi connectivity index (χ1n) is 17.5. The molecule has 7 atom stereocenters. The normalized spacial score (nSPS) is 23.1. The predicted molar refractivity (Wildman–Crippen MR) is 199 cm³/mol. The Morgan fingerprint density at radius 1 is 0.980 bits per heavy atom. The SMILES string of the molecule is CC(C)(C)NC(=O)C1C[C@@H]2CCCC[C@@H]2CN1C[C@@H](O)[C@@H](/C=C/[C@@H](CS(=O)c1ccc2ccccc2c1)NS(C)(=O)=O)Cc1ccccc1. The number of amides is 1. The van der Waals surface area contributed by atoms with E-state index in [0.717, 1.165) is 48.4 Å². The number of rotatable bonds is 13. The maximum atomic E-state index is 13.6. The maximum Gasteiger partial charge on any atom is 0.237 e. The first-order valence-corrected chi connectivity index (χ1v) is 20.8. The first-order chi connectivity index (χ1) is 23.2. The van der Waals surface area contributed by atoms with Crippen molar-refractivity contribution in [1.82, 2.24) is 14.9 Å². The molecule has 5 rings (SSSR count). The Morgan fingerprint density at radius 2 is 1.65 bits per heavy atom. The second-order valence-corrected chi connectivity index (χ2v) is 18.3. The molecule has 1 aliphatic carbocycles. The Hall–Kier alpha value is -2.89. The third-order valence-electron chi connectivity index (χ3n) is 9.80. The summed E-state index contributed by atoms with van der Waals surface area (Å²) in [5.74, 6) is 0.698. The van der Waals surface area contributed by atoms with Crippen LogP contribution in [-0.4, -0.2) is 77.4 Å². The van der Waals surface area contributed by atoms with Crippen LogP contribution >= 0.6 is 0 Å². The molecule has 3 aromatic rings. The summed E-state index contributed by atoms with van der Waals surface area (Å²) in [6.07, 6.45) is 9.90. The van der Waals surface area contributed by atoms with E-state index in [4.69, 9.17) is 0 Å². The number of hydrogen-bond acceptors (Lipinski definition) is 6. The van der Waals surface area contributed by atoms with Crippen molar-refractivity contribution in [3.8, 4) is 0 Å². The maximum absolute atomic E-state index is 13.6. The number of piperidine rings is 1. The van der Waals surface area contributed by atoms with Gasteiger partial charge >= 0.3 is 0 Å². The Balaban J connectivity index is 1.38. The molecular formula is C39H53N3O5S2. The number of aliphatic hydroxyl groups excluding tert-OH is 1. The van der Waals surface area contributed by atoms with Crippen LogP contribution in [0.5, 0.6) is 0 Å². The zero-order valence-electron chi connectivity index (χ0n) is 29.3. The number of aliphatic hydroxyl groups is 1. The summed E-state index contributed by atoms with van der Waals surface area (Å²) in [7, 11) is -5.12. The molecular weight excluding hydrogens is 655 g/mol. The molecule has 2 fully saturated rings. The monoisotopic (exact) mass is 707 g/mol. The summed E-state index contributed by atoms with van der Waals surface area (Å²) in [6, 6.07) is 22.3. The van der Waals surface area contributed by atoms with Gasteiger partial charge in [-0.15, -0.1) is 0 Å². The quantitative estimate of drug-likeness (QED) is 0.204. The lowest BCUT2D eigenvalue weighted by Crippen LogP contribution is -2.59. The molecule has 49 heavy (non-hydrogen) atoms. The Bertz CT molecular complexity index is 1720. The molecule has 0 spiro atoms. The van der Waals surface area contributed by atoms with E-state index in [1.807, 2.05) is 99.6 Å². The minimum Gasteiger partial charge on any atom is -0.391 e. The molecule has 2 unspecified atom stereocenters. The topological polar surface area (TPSA) is 116 Å². The number of likely N-dealkylation sites (tertiary alicyclic amines) is 1. The molecule has 3 aromatic carbocycles. The summed E-state index contributed by atoms with van der Waals surface area (Å²) in [5, 5.41) is 17.1. The average molecular weight is 708 g/mol. The number of hydrogen-bond donors (Lipinski definition) is 3. The highest BCUT2D eigenvalue weighted by molar-refractivity contribution is 7.89. The van der Waals surface area contributed by atoms with Gasteiger partial charge in [-0.25, -0.2) is 13.1 Å². The summed E-state index contributed by atoms with van der Waals surface area (Å²) >= 11 is 0. The minimum atomic E-state index is -3.63. The third kappa shape index (κ3) is 11.0. The lowest BCUT2D eigenvalue weighted by atomic mass is 9.72. The highest BCUT2D eigenvalue weighted by Crippen LogP contribution is 2.39. The van der Waals surface area contributed by atoms with E-state index < -0.39 is 33.0 Å². The number of fused-ring (bicyclic) bond motifs is 2. The number of nitrogens with zero attached hydrogens (tertiary/aromatic N) is 1. The number of β-amino-alcohol motifs (C(OH)–C–C–N with tert-alkyl or cyclic N) is 1. The summed E-state index contributed by atoms with van der Waals surface area (Å²) < 4.78 is 41.1. The zero-order valence-corrected chi connectivity index (χ0v) is 30.9. The second kappa shape index (κ2) is 16.4. The third-order valence-corrected chi connectivity index (χ3v) is 12.0. The number of carbonyl (C=O) groups is 1. The molecule has 10 heteroatoms. The van der Waals surface area contributed by atoms with Crippen molar-refractivity contribution in [3.05, 3.63) is 90.5 Å². The number of nitrogens with one attached hydrogen (secondary N) is 2. The van der Waals surface area contributed by atoms with Gasteiger partial charge in [-0.2, -0.15) is 0 Å². The molecule has 2 aliphatic rings. The highest BCUT2D eigenvalue weighted by Gasteiger charge is 2.41. The molecule has 8 nitrogen and oxygen atoms in total. The van der Waals surface area contributed by atoms with Gasteiger partial charge in [0, 0.05) is 35.2 Å². The van der Waals surface area contributed by atoms with E-state index in [0.29, 0.717) is 29.7 Å². The van der Waals surface area contributed by atoms with Crippen LogP contribution in [-0.2, 0) is 32.0 Å². The predicted octanol–water partition coefficient (Wildman–Crippen LogP) is 5.44. The van der Waals surface area contributed by atoms with Crippen LogP contribution in [0.25, 0.3) is 10.8 Å². The Morgan fingerprint density at radius 3 is 2.35 bits per heavy atom. The molecule has 1 saturated heterocycles. The molecule has 1 aliphatic heterocycles. The first kappa shape index (κ1) is 37.4. The van der Waals surface area contributed by atoms with Gasteiger partial charge < -0.3 is 10.4 Å². The number of carbonyl (C=O) groups excluding carboxylic acids is 1. The summed E-state index contributed by atoms with van der Waals surface area (Å²) in [5.41, 5.74) is 0.675. The molecule has 3 N–H and O–H groups in total.